The van der Waals surface area contributed by atoms with Gasteiger partial charge in [-0.2, -0.15) is 4.98 Å². The largest absolute Gasteiger partial charge is 0.497 e. The van der Waals surface area contributed by atoms with Gasteiger partial charge in [0.2, 0.25) is 11.7 Å². The maximum Gasteiger partial charge on any atom is 0.264 e. The Kier molecular flexibility index (Phi) is 6.03. The van der Waals surface area contributed by atoms with Gasteiger partial charge < -0.3 is 19.1 Å². The number of nitrogens with one attached hydrogen (secondary N) is 1. The third-order valence-electron chi connectivity index (χ3n) is 5.12. The Morgan fingerprint density at radius 1 is 1.12 bits per heavy atom. The van der Waals surface area contributed by atoms with Crippen molar-refractivity contribution in [3.63, 3.8) is 0 Å². The Balaban J connectivity index is 1.63. The number of aromatic nitrogens is 3. The zero-order valence-electron chi connectivity index (χ0n) is 18.3. The van der Waals surface area contributed by atoms with Crippen molar-refractivity contribution in [2.24, 2.45) is 0 Å². The number of pyridine rings is 1. The molecule has 33 heavy (non-hydrogen) atoms. The molecule has 1 N–H and O–H groups in total. The van der Waals surface area contributed by atoms with E-state index >= 15 is 0 Å². The van der Waals surface area contributed by atoms with Crippen molar-refractivity contribution in [1.29, 1.82) is 0 Å². The van der Waals surface area contributed by atoms with Gasteiger partial charge in [-0.15, -0.1) is 0 Å². The topological polar surface area (TPSA) is 99.3 Å². The fraction of sp³-hybridized carbons (Fsp3) is 0.167. The molecule has 0 aliphatic rings. The highest BCUT2D eigenvalue weighted by Gasteiger charge is 2.20. The first-order valence-corrected chi connectivity index (χ1v) is 10.1. The Hall–Kier alpha value is -4.27. The van der Waals surface area contributed by atoms with E-state index in [9.17, 15) is 14.0 Å². The SMILES string of the molecule is COc1ccc(-c2noc(-c3c(C)cc(C)n(CC(=O)Nc4ccc(F)cc4)c3=O)n2)cc1. The summed E-state index contributed by atoms with van der Waals surface area (Å²) in [6.07, 6.45) is 0. The van der Waals surface area contributed by atoms with Crippen LogP contribution in [0.25, 0.3) is 22.8 Å². The summed E-state index contributed by atoms with van der Waals surface area (Å²) in [4.78, 5) is 30.2. The molecular weight excluding hydrogens is 427 g/mol. The van der Waals surface area contributed by atoms with E-state index in [0.29, 0.717) is 34.1 Å². The van der Waals surface area contributed by atoms with Crippen LogP contribution in [0.15, 0.2) is 63.9 Å². The lowest BCUT2D eigenvalue weighted by molar-refractivity contribution is -0.116. The Morgan fingerprint density at radius 3 is 2.48 bits per heavy atom. The van der Waals surface area contributed by atoms with Crippen molar-refractivity contribution in [3.8, 4) is 28.6 Å². The molecule has 9 heteroatoms. The van der Waals surface area contributed by atoms with Gasteiger partial charge in [-0.3, -0.25) is 9.59 Å². The lowest BCUT2D eigenvalue weighted by Gasteiger charge is -2.13. The number of hydrogen-bond donors (Lipinski definition) is 1. The Bertz CT molecular complexity index is 1360. The number of amides is 1. The van der Waals surface area contributed by atoms with Crippen molar-refractivity contribution >= 4 is 11.6 Å². The summed E-state index contributed by atoms with van der Waals surface area (Å²) in [7, 11) is 1.58. The van der Waals surface area contributed by atoms with Crippen LogP contribution in [0.2, 0.25) is 0 Å². The number of methoxy groups -OCH3 is 1. The average molecular weight is 448 g/mol. The number of rotatable bonds is 6. The van der Waals surface area contributed by atoms with Crippen LogP contribution in [-0.2, 0) is 11.3 Å². The number of halogens is 1. The second-order valence-electron chi connectivity index (χ2n) is 7.44. The molecule has 0 saturated carbocycles. The normalized spacial score (nSPS) is 10.8. The Labute approximate surface area is 188 Å². The predicted octanol–water partition coefficient (Wildman–Crippen LogP) is 3.97. The highest BCUT2D eigenvalue weighted by molar-refractivity contribution is 5.90. The van der Waals surface area contributed by atoms with E-state index in [2.05, 4.69) is 15.5 Å². The monoisotopic (exact) mass is 448 g/mol. The molecule has 8 nitrogen and oxygen atoms in total. The number of hydrogen-bond acceptors (Lipinski definition) is 6. The minimum Gasteiger partial charge on any atom is -0.497 e. The minimum absolute atomic E-state index is 0.0658. The van der Waals surface area contributed by atoms with Crippen LogP contribution in [0.3, 0.4) is 0 Å². The molecule has 0 unspecified atom stereocenters. The zero-order chi connectivity index (χ0) is 23.5. The smallest absolute Gasteiger partial charge is 0.264 e. The molecule has 2 aromatic heterocycles. The van der Waals surface area contributed by atoms with Crippen LogP contribution >= 0.6 is 0 Å². The predicted molar refractivity (Wildman–Crippen MR) is 120 cm³/mol. The zero-order valence-corrected chi connectivity index (χ0v) is 18.3. The molecule has 0 fully saturated rings. The summed E-state index contributed by atoms with van der Waals surface area (Å²) >= 11 is 0. The molecule has 0 saturated heterocycles. The standard InChI is InChI=1S/C24H21FN4O4/c1-14-12-15(2)29(13-20(30)26-18-8-6-17(25)7-9-18)24(31)21(14)23-27-22(28-33-23)16-4-10-19(32-3)11-5-16/h4-12H,13H2,1-3H3,(H,26,30). The summed E-state index contributed by atoms with van der Waals surface area (Å²) in [5.41, 5.74) is 2.19. The molecule has 4 aromatic rings. The summed E-state index contributed by atoms with van der Waals surface area (Å²) in [5, 5.41) is 6.65. The molecule has 0 spiro atoms. The third-order valence-corrected chi connectivity index (χ3v) is 5.12. The minimum atomic E-state index is -0.425. The van der Waals surface area contributed by atoms with E-state index in [1.54, 1.807) is 51.3 Å². The van der Waals surface area contributed by atoms with Crippen LogP contribution < -0.4 is 15.6 Å². The Morgan fingerprint density at radius 2 is 1.82 bits per heavy atom. The van der Waals surface area contributed by atoms with Crippen molar-refractivity contribution in [3.05, 3.63) is 82.0 Å². The molecule has 168 valence electrons. The molecule has 0 aliphatic heterocycles. The van der Waals surface area contributed by atoms with Crippen molar-refractivity contribution in [1.82, 2.24) is 14.7 Å². The number of carbonyl (C=O) groups excluding carboxylic acids is 1. The van der Waals surface area contributed by atoms with E-state index in [4.69, 9.17) is 9.26 Å². The van der Waals surface area contributed by atoms with Crippen LogP contribution in [0.5, 0.6) is 5.75 Å². The van der Waals surface area contributed by atoms with Crippen LogP contribution in [0.1, 0.15) is 11.3 Å². The fourth-order valence-electron chi connectivity index (χ4n) is 3.44. The average Bonchev–Trinajstić information content (AvgIpc) is 3.28. The van der Waals surface area contributed by atoms with E-state index < -0.39 is 17.3 Å². The van der Waals surface area contributed by atoms with Crippen LogP contribution in [0.4, 0.5) is 10.1 Å². The maximum atomic E-state index is 13.3. The lowest BCUT2D eigenvalue weighted by Crippen LogP contribution is -2.30. The number of carbonyl (C=O) groups is 1. The summed E-state index contributed by atoms with van der Waals surface area (Å²) in [5.74, 6) is 0.255. The highest BCUT2D eigenvalue weighted by atomic mass is 19.1. The third kappa shape index (κ3) is 4.67. The van der Waals surface area contributed by atoms with Crippen molar-refractivity contribution in [2.75, 3.05) is 12.4 Å². The number of benzene rings is 2. The molecule has 4 rings (SSSR count). The second kappa shape index (κ2) is 9.07. The van der Waals surface area contributed by atoms with Gasteiger partial charge in [-0.25, -0.2) is 4.39 Å². The first-order chi connectivity index (χ1) is 15.9. The molecule has 1 amide bonds. The molecule has 2 heterocycles. The second-order valence-corrected chi connectivity index (χ2v) is 7.44. The maximum absolute atomic E-state index is 13.3. The summed E-state index contributed by atoms with van der Waals surface area (Å²) in [6.45, 7) is 3.28. The van der Waals surface area contributed by atoms with E-state index in [1.807, 2.05) is 0 Å². The van der Waals surface area contributed by atoms with Gasteiger partial charge in [0.25, 0.3) is 11.4 Å². The molecular formula is C24H21FN4O4. The number of nitrogens with zero attached hydrogens (tertiary/aromatic N) is 3. The molecule has 0 atom stereocenters. The summed E-state index contributed by atoms with van der Waals surface area (Å²) in [6, 6.07) is 14.3. The van der Waals surface area contributed by atoms with Gasteiger partial charge in [0.05, 0.1) is 7.11 Å². The highest BCUT2D eigenvalue weighted by Crippen LogP contribution is 2.24. The van der Waals surface area contributed by atoms with E-state index in [-0.39, 0.29) is 18.0 Å². The van der Waals surface area contributed by atoms with E-state index in [1.165, 1.54) is 28.8 Å². The number of anilines is 1. The van der Waals surface area contributed by atoms with E-state index in [0.717, 1.165) is 0 Å². The van der Waals surface area contributed by atoms with Crippen molar-refractivity contribution in [2.45, 2.75) is 20.4 Å². The summed E-state index contributed by atoms with van der Waals surface area (Å²) < 4.78 is 25.0. The van der Waals surface area contributed by atoms with Gasteiger partial charge in [0.1, 0.15) is 23.7 Å². The fourth-order valence-corrected chi connectivity index (χ4v) is 3.44. The first kappa shape index (κ1) is 21.9. The molecule has 2 aromatic carbocycles. The number of aryl methyl sites for hydroxylation is 2. The van der Waals surface area contributed by atoms with Gasteiger partial charge in [-0.1, -0.05) is 5.16 Å². The number of ether oxygens (including phenoxy) is 1. The van der Waals surface area contributed by atoms with Gasteiger partial charge in [0.15, 0.2) is 0 Å². The van der Waals surface area contributed by atoms with Gasteiger partial charge in [-0.05, 0) is 74.0 Å². The molecule has 0 radical (unpaired) electrons. The van der Waals surface area contributed by atoms with Crippen molar-refractivity contribution < 1.29 is 18.4 Å². The lowest BCUT2D eigenvalue weighted by atomic mass is 10.1. The quantitative estimate of drug-likeness (QED) is 0.479. The van der Waals surface area contributed by atoms with Crippen LogP contribution in [0, 0.1) is 19.7 Å². The van der Waals surface area contributed by atoms with Gasteiger partial charge >= 0.3 is 0 Å². The first-order valence-electron chi connectivity index (χ1n) is 10.1. The van der Waals surface area contributed by atoms with Gasteiger partial charge in [0, 0.05) is 16.9 Å². The molecule has 0 bridgehead atoms. The molecule has 0 aliphatic carbocycles. The van der Waals surface area contributed by atoms with Crippen LogP contribution in [-0.4, -0.2) is 27.7 Å².